The van der Waals surface area contributed by atoms with Crippen LogP contribution in [0.15, 0.2) is 6.20 Å². The van der Waals surface area contributed by atoms with Crippen LogP contribution in [0, 0.1) is 12.8 Å². The minimum atomic E-state index is -0.208. The van der Waals surface area contributed by atoms with Crippen molar-refractivity contribution >= 4 is 28.3 Å². The lowest BCUT2D eigenvalue weighted by atomic mass is 10.2. The molecule has 1 N–H and O–H groups in total. The Hall–Kier alpha value is -1.43. The maximum atomic E-state index is 11.8. The first kappa shape index (κ1) is 14.6. The lowest BCUT2D eigenvalue weighted by molar-refractivity contribution is -0.133. The number of amides is 2. The molecular weight excluding hydrogens is 250 g/mol. The molecule has 1 rings (SSSR count). The van der Waals surface area contributed by atoms with E-state index >= 15 is 0 Å². The van der Waals surface area contributed by atoms with Gasteiger partial charge in [0.2, 0.25) is 11.8 Å². The molecule has 0 aliphatic rings. The number of aryl methyl sites for hydroxylation is 1. The van der Waals surface area contributed by atoms with E-state index in [1.807, 2.05) is 20.8 Å². The number of aromatic nitrogens is 1. The van der Waals surface area contributed by atoms with Crippen LogP contribution in [0.4, 0.5) is 5.13 Å². The summed E-state index contributed by atoms with van der Waals surface area (Å²) in [6.45, 7) is 8.08. The van der Waals surface area contributed by atoms with Gasteiger partial charge in [0.05, 0.1) is 6.54 Å². The number of nitrogens with one attached hydrogen (secondary N) is 1. The Morgan fingerprint density at radius 3 is 2.61 bits per heavy atom. The SMILES string of the molecule is CC(=O)N(CC(=O)Nc1ncc(C)s1)CC(C)C. The maximum absolute atomic E-state index is 11.8. The molecule has 0 bridgehead atoms. The predicted molar refractivity (Wildman–Crippen MR) is 72.6 cm³/mol. The van der Waals surface area contributed by atoms with Crippen molar-refractivity contribution in [2.24, 2.45) is 5.92 Å². The molecule has 1 aromatic heterocycles. The van der Waals surface area contributed by atoms with Crippen molar-refractivity contribution in [2.75, 3.05) is 18.4 Å². The number of anilines is 1. The molecule has 18 heavy (non-hydrogen) atoms. The molecule has 0 aliphatic carbocycles. The minimum Gasteiger partial charge on any atom is -0.333 e. The normalized spacial score (nSPS) is 10.5. The Kier molecular flexibility index (Phi) is 5.27. The summed E-state index contributed by atoms with van der Waals surface area (Å²) in [7, 11) is 0. The molecule has 6 heteroatoms. The van der Waals surface area contributed by atoms with Gasteiger partial charge in [-0.2, -0.15) is 0 Å². The lowest BCUT2D eigenvalue weighted by Crippen LogP contribution is -2.38. The average molecular weight is 269 g/mol. The lowest BCUT2D eigenvalue weighted by Gasteiger charge is -2.22. The largest absolute Gasteiger partial charge is 0.333 e. The minimum absolute atomic E-state index is 0.0755. The number of hydrogen-bond donors (Lipinski definition) is 1. The van der Waals surface area contributed by atoms with Gasteiger partial charge in [0, 0.05) is 24.5 Å². The molecule has 0 saturated carbocycles. The Morgan fingerprint density at radius 1 is 1.50 bits per heavy atom. The molecule has 1 aromatic rings. The molecule has 100 valence electrons. The highest BCUT2D eigenvalue weighted by Gasteiger charge is 2.15. The summed E-state index contributed by atoms with van der Waals surface area (Å²) in [5.41, 5.74) is 0. The van der Waals surface area contributed by atoms with Crippen LogP contribution in [-0.2, 0) is 9.59 Å². The van der Waals surface area contributed by atoms with E-state index in [0.717, 1.165) is 4.88 Å². The third-order valence-corrected chi connectivity index (χ3v) is 3.06. The molecule has 0 spiro atoms. The number of thiazole rings is 1. The summed E-state index contributed by atoms with van der Waals surface area (Å²) in [4.78, 5) is 29.8. The van der Waals surface area contributed by atoms with Crippen LogP contribution in [0.25, 0.3) is 0 Å². The van der Waals surface area contributed by atoms with Crippen LogP contribution in [0.5, 0.6) is 0 Å². The van der Waals surface area contributed by atoms with Crippen LogP contribution in [0.1, 0.15) is 25.6 Å². The molecule has 5 nitrogen and oxygen atoms in total. The molecule has 2 amide bonds. The number of hydrogen-bond acceptors (Lipinski definition) is 4. The van der Waals surface area contributed by atoms with Gasteiger partial charge in [-0.3, -0.25) is 9.59 Å². The van der Waals surface area contributed by atoms with Gasteiger partial charge in [-0.15, -0.1) is 11.3 Å². The van der Waals surface area contributed by atoms with Crippen molar-refractivity contribution in [3.05, 3.63) is 11.1 Å². The fraction of sp³-hybridized carbons (Fsp3) is 0.583. The summed E-state index contributed by atoms with van der Waals surface area (Å²) >= 11 is 1.42. The van der Waals surface area contributed by atoms with E-state index in [0.29, 0.717) is 17.6 Å². The molecule has 0 aliphatic heterocycles. The fourth-order valence-corrected chi connectivity index (χ4v) is 2.17. The molecule has 0 radical (unpaired) electrons. The van der Waals surface area contributed by atoms with E-state index in [2.05, 4.69) is 10.3 Å². The van der Waals surface area contributed by atoms with E-state index in [1.165, 1.54) is 18.3 Å². The highest BCUT2D eigenvalue weighted by atomic mass is 32.1. The number of carbonyl (C=O) groups excluding carboxylic acids is 2. The Labute approximate surface area is 111 Å². The van der Waals surface area contributed by atoms with Gasteiger partial charge in [-0.1, -0.05) is 13.8 Å². The van der Waals surface area contributed by atoms with Crippen LogP contribution in [0.2, 0.25) is 0 Å². The monoisotopic (exact) mass is 269 g/mol. The number of rotatable bonds is 5. The smallest absolute Gasteiger partial charge is 0.245 e. The molecular formula is C12H19N3O2S. The van der Waals surface area contributed by atoms with Crippen molar-refractivity contribution in [1.29, 1.82) is 0 Å². The molecule has 0 unspecified atom stereocenters. The van der Waals surface area contributed by atoms with Gasteiger partial charge in [-0.25, -0.2) is 4.98 Å². The van der Waals surface area contributed by atoms with Crippen molar-refractivity contribution in [1.82, 2.24) is 9.88 Å². The summed E-state index contributed by atoms with van der Waals surface area (Å²) in [5, 5.41) is 3.27. The highest BCUT2D eigenvalue weighted by Crippen LogP contribution is 2.16. The zero-order valence-corrected chi connectivity index (χ0v) is 12.0. The second-order valence-electron chi connectivity index (χ2n) is 4.62. The highest BCUT2D eigenvalue weighted by molar-refractivity contribution is 7.15. The zero-order chi connectivity index (χ0) is 13.7. The molecule has 0 fully saturated rings. The quantitative estimate of drug-likeness (QED) is 0.888. The van der Waals surface area contributed by atoms with Crippen molar-refractivity contribution in [2.45, 2.75) is 27.7 Å². The van der Waals surface area contributed by atoms with Crippen LogP contribution in [0.3, 0.4) is 0 Å². The van der Waals surface area contributed by atoms with E-state index in [9.17, 15) is 9.59 Å². The first-order valence-corrected chi connectivity index (χ1v) is 6.68. The second-order valence-corrected chi connectivity index (χ2v) is 5.85. The van der Waals surface area contributed by atoms with Gasteiger partial charge in [0.25, 0.3) is 0 Å². The topological polar surface area (TPSA) is 62.3 Å². The standard InChI is InChI=1S/C12H19N3O2S/c1-8(2)6-15(10(4)16)7-11(17)14-12-13-5-9(3)18-12/h5,8H,6-7H2,1-4H3,(H,13,14,17). The summed E-state index contributed by atoms with van der Waals surface area (Å²) in [6.07, 6.45) is 1.71. The number of carbonyl (C=O) groups is 2. The van der Waals surface area contributed by atoms with Gasteiger partial charge >= 0.3 is 0 Å². The van der Waals surface area contributed by atoms with E-state index in [4.69, 9.17) is 0 Å². The Balaban J connectivity index is 2.53. The number of nitrogens with zero attached hydrogens (tertiary/aromatic N) is 2. The third kappa shape index (κ3) is 4.83. The Morgan fingerprint density at radius 2 is 2.17 bits per heavy atom. The molecule has 0 aromatic carbocycles. The summed E-state index contributed by atoms with van der Waals surface area (Å²) in [5.74, 6) is 0.0400. The summed E-state index contributed by atoms with van der Waals surface area (Å²) in [6, 6.07) is 0. The van der Waals surface area contributed by atoms with Gasteiger partial charge in [0.15, 0.2) is 5.13 Å². The van der Waals surface area contributed by atoms with E-state index in [1.54, 1.807) is 11.1 Å². The fourth-order valence-electron chi connectivity index (χ4n) is 1.49. The van der Waals surface area contributed by atoms with E-state index < -0.39 is 0 Å². The summed E-state index contributed by atoms with van der Waals surface area (Å²) < 4.78 is 0. The average Bonchev–Trinajstić information content (AvgIpc) is 2.62. The van der Waals surface area contributed by atoms with Crippen LogP contribution >= 0.6 is 11.3 Å². The van der Waals surface area contributed by atoms with Crippen molar-refractivity contribution in [3.63, 3.8) is 0 Å². The zero-order valence-electron chi connectivity index (χ0n) is 11.2. The van der Waals surface area contributed by atoms with Gasteiger partial charge in [0.1, 0.15) is 0 Å². The Bertz CT molecular complexity index is 429. The van der Waals surface area contributed by atoms with E-state index in [-0.39, 0.29) is 18.4 Å². The predicted octanol–water partition coefficient (Wildman–Crippen LogP) is 1.89. The maximum Gasteiger partial charge on any atom is 0.245 e. The first-order chi connectivity index (χ1) is 8.38. The van der Waals surface area contributed by atoms with Gasteiger partial charge in [-0.05, 0) is 12.8 Å². The van der Waals surface area contributed by atoms with Gasteiger partial charge < -0.3 is 10.2 Å². The van der Waals surface area contributed by atoms with Crippen LogP contribution in [-0.4, -0.2) is 34.8 Å². The molecule has 1 heterocycles. The van der Waals surface area contributed by atoms with Crippen molar-refractivity contribution < 1.29 is 9.59 Å². The molecule has 0 atom stereocenters. The third-order valence-electron chi connectivity index (χ3n) is 2.23. The van der Waals surface area contributed by atoms with Crippen molar-refractivity contribution in [3.8, 4) is 0 Å². The van der Waals surface area contributed by atoms with Crippen LogP contribution < -0.4 is 5.32 Å². The first-order valence-electron chi connectivity index (χ1n) is 5.86. The second kappa shape index (κ2) is 6.49. The molecule has 0 saturated heterocycles.